The molecule has 5 heterocycles. The van der Waals surface area contributed by atoms with Gasteiger partial charge in [-0.3, -0.25) is 23.9 Å². The van der Waals surface area contributed by atoms with Crippen molar-refractivity contribution in [3.63, 3.8) is 0 Å². The molecule has 9 nitrogen and oxygen atoms in total. The molecule has 2 saturated heterocycles. The van der Waals surface area contributed by atoms with E-state index in [1.54, 1.807) is 24.5 Å². The Balaban J connectivity index is 1.39. The van der Waals surface area contributed by atoms with Crippen molar-refractivity contribution in [2.24, 2.45) is 0 Å². The zero-order valence-corrected chi connectivity index (χ0v) is 20.0. The van der Waals surface area contributed by atoms with E-state index in [1.807, 2.05) is 30.3 Å². The first-order valence-corrected chi connectivity index (χ1v) is 12.3. The summed E-state index contributed by atoms with van der Waals surface area (Å²) in [5.41, 5.74) is 1.40. The lowest BCUT2D eigenvalue weighted by atomic mass is 9.76. The Morgan fingerprint density at radius 3 is 2.78 bits per heavy atom. The summed E-state index contributed by atoms with van der Waals surface area (Å²) in [6.07, 6.45) is 4.41. The van der Waals surface area contributed by atoms with Gasteiger partial charge in [-0.05, 0) is 55.2 Å². The first-order valence-electron chi connectivity index (χ1n) is 12.3. The van der Waals surface area contributed by atoms with Crippen molar-refractivity contribution < 1.29 is 14.6 Å². The minimum atomic E-state index is -0.710. The average molecular weight is 488 g/mol. The summed E-state index contributed by atoms with van der Waals surface area (Å²) in [5.74, 6) is -0.522. The molecule has 0 aromatic carbocycles. The van der Waals surface area contributed by atoms with Gasteiger partial charge in [0.2, 0.25) is 0 Å². The summed E-state index contributed by atoms with van der Waals surface area (Å²) in [6.45, 7) is 2.57. The molecule has 0 spiro atoms. The van der Waals surface area contributed by atoms with Gasteiger partial charge in [0.25, 0.3) is 11.5 Å². The Morgan fingerprint density at radius 2 is 2.06 bits per heavy atom. The van der Waals surface area contributed by atoms with Crippen molar-refractivity contribution in [1.82, 2.24) is 19.6 Å². The van der Waals surface area contributed by atoms with Crippen LogP contribution in [0.2, 0.25) is 0 Å². The third-order valence-electron chi connectivity index (χ3n) is 7.31. The quantitative estimate of drug-likeness (QED) is 0.561. The molecule has 9 heteroatoms. The van der Waals surface area contributed by atoms with Gasteiger partial charge in [-0.1, -0.05) is 12.1 Å². The van der Waals surface area contributed by atoms with E-state index < -0.39 is 29.0 Å². The highest BCUT2D eigenvalue weighted by Gasteiger charge is 2.37. The monoisotopic (exact) mass is 487 g/mol. The van der Waals surface area contributed by atoms with Gasteiger partial charge in [0.05, 0.1) is 36.0 Å². The van der Waals surface area contributed by atoms with Gasteiger partial charge in [-0.2, -0.15) is 5.26 Å². The molecule has 0 aliphatic carbocycles. The highest BCUT2D eigenvalue weighted by atomic mass is 16.5. The standard InChI is InChI=1S/C27H29N5O4/c28-18-27(24-6-1-3-10-29-24)8-12-31(13-9-27)16-19-15-20(26(35)32-11-4-2-5-22(19)32)25(34)30-21-17-36-14-7-23(21)33/h1-6,10-11,15,21,23,33H,7-9,12-14,16-17H2,(H,30,34)/t21-,23-/m0/s1. The Kier molecular flexibility index (Phi) is 6.83. The molecule has 1 amide bonds. The molecule has 186 valence electrons. The molecule has 0 bridgehead atoms. The lowest BCUT2D eigenvalue weighted by Gasteiger charge is -2.37. The normalized spacial score (nSPS) is 22.1. The van der Waals surface area contributed by atoms with E-state index in [2.05, 4.69) is 21.3 Å². The van der Waals surface area contributed by atoms with Crippen LogP contribution in [0.15, 0.2) is 59.7 Å². The zero-order valence-electron chi connectivity index (χ0n) is 20.0. The van der Waals surface area contributed by atoms with Crippen LogP contribution < -0.4 is 10.9 Å². The van der Waals surface area contributed by atoms with E-state index in [-0.39, 0.29) is 12.2 Å². The van der Waals surface area contributed by atoms with Crippen molar-refractivity contribution in [2.45, 2.75) is 43.4 Å². The van der Waals surface area contributed by atoms with Gasteiger partial charge in [0, 0.05) is 38.6 Å². The fraction of sp³-hybridized carbons (Fsp3) is 0.407. The average Bonchev–Trinajstić information content (AvgIpc) is 2.92. The summed E-state index contributed by atoms with van der Waals surface area (Å²) in [6, 6.07) is 14.8. The van der Waals surface area contributed by atoms with Crippen LogP contribution >= 0.6 is 0 Å². The second kappa shape index (κ2) is 10.2. The van der Waals surface area contributed by atoms with Gasteiger partial charge >= 0.3 is 0 Å². The molecule has 0 radical (unpaired) electrons. The summed E-state index contributed by atoms with van der Waals surface area (Å²) in [7, 11) is 0. The van der Waals surface area contributed by atoms with Gasteiger partial charge in [-0.25, -0.2) is 0 Å². The predicted octanol–water partition coefficient (Wildman–Crippen LogP) is 1.63. The van der Waals surface area contributed by atoms with Crippen LogP contribution in [0.3, 0.4) is 0 Å². The number of aliphatic hydroxyl groups excluding tert-OH is 1. The largest absolute Gasteiger partial charge is 0.391 e. The summed E-state index contributed by atoms with van der Waals surface area (Å²) in [5, 5.41) is 23.0. The first kappa shape index (κ1) is 24.1. The topological polar surface area (TPSA) is 120 Å². The van der Waals surface area contributed by atoms with Crippen molar-refractivity contribution in [3.05, 3.63) is 82.0 Å². The van der Waals surface area contributed by atoms with Crippen molar-refractivity contribution in [3.8, 4) is 6.07 Å². The number of ether oxygens (including phenoxy) is 1. The lowest BCUT2D eigenvalue weighted by molar-refractivity contribution is -0.0140. The molecular formula is C27H29N5O4. The highest BCUT2D eigenvalue weighted by Crippen LogP contribution is 2.34. The van der Waals surface area contributed by atoms with Crippen molar-refractivity contribution in [2.75, 3.05) is 26.3 Å². The van der Waals surface area contributed by atoms with Crippen LogP contribution in [0.5, 0.6) is 0 Å². The van der Waals surface area contributed by atoms with Crippen LogP contribution in [0.1, 0.15) is 40.9 Å². The molecular weight excluding hydrogens is 458 g/mol. The number of rotatable bonds is 5. The molecule has 2 aliphatic rings. The number of hydrogen-bond acceptors (Lipinski definition) is 7. The molecule has 3 aromatic heterocycles. The number of pyridine rings is 3. The van der Waals surface area contributed by atoms with Gasteiger partial charge in [0.1, 0.15) is 11.0 Å². The van der Waals surface area contributed by atoms with Gasteiger partial charge in [0.15, 0.2) is 0 Å². The van der Waals surface area contributed by atoms with Crippen molar-refractivity contribution >= 4 is 11.4 Å². The maximum absolute atomic E-state index is 13.2. The molecule has 2 aliphatic heterocycles. The number of carbonyl (C=O) groups is 1. The van der Waals surface area contributed by atoms with E-state index in [0.717, 1.165) is 16.8 Å². The second-order valence-corrected chi connectivity index (χ2v) is 9.54. The number of piperidine rings is 1. The van der Waals surface area contributed by atoms with Crippen LogP contribution in [0.4, 0.5) is 0 Å². The number of hydrogen-bond donors (Lipinski definition) is 2. The molecule has 2 atom stereocenters. The highest BCUT2D eigenvalue weighted by molar-refractivity contribution is 5.94. The van der Waals surface area contributed by atoms with E-state index in [0.29, 0.717) is 45.5 Å². The molecule has 0 saturated carbocycles. The minimum Gasteiger partial charge on any atom is -0.391 e. The number of carbonyl (C=O) groups excluding carboxylic acids is 1. The van der Waals surface area contributed by atoms with Crippen molar-refractivity contribution in [1.29, 1.82) is 5.26 Å². The Bertz CT molecular complexity index is 1340. The predicted molar refractivity (Wildman–Crippen MR) is 132 cm³/mol. The first-order chi connectivity index (χ1) is 17.5. The molecule has 36 heavy (non-hydrogen) atoms. The van der Waals surface area contributed by atoms with E-state index in [4.69, 9.17) is 4.74 Å². The van der Waals surface area contributed by atoms with Gasteiger partial charge in [-0.15, -0.1) is 0 Å². The van der Waals surface area contributed by atoms with Crippen LogP contribution in [0.25, 0.3) is 5.52 Å². The minimum absolute atomic E-state index is 0.0309. The molecule has 0 unspecified atom stereocenters. The number of nitrogens with zero attached hydrogens (tertiary/aromatic N) is 4. The molecule has 3 aromatic rings. The van der Waals surface area contributed by atoms with Gasteiger partial charge < -0.3 is 15.2 Å². The third kappa shape index (κ3) is 4.63. The van der Waals surface area contributed by atoms with E-state index in [1.165, 1.54) is 4.40 Å². The number of nitriles is 1. The Labute approximate surface area is 209 Å². The second-order valence-electron chi connectivity index (χ2n) is 9.54. The molecule has 2 N–H and O–H groups in total. The van der Waals surface area contributed by atoms with Crippen LogP contribution in [0, 0.1) is 11.3 Å². The summed E-state index contributed by atoms with van der Waals surface area (Å²) < 4.78 is 6.88. The van der Waals surface area contributed by atoms with Crippen LogP contribution in [-0.4, -0.2) is 63.7 Å². The fourth-order valence-corrected chi connectivity index (χ4v) is 5.13. The number of amides is 1. The lowest BCUT2D eigenvalue weighted by Crippen LogP contribution is -2.50. The zero-order chi connectivity index (χ0) is 25.1. The number of aliphatic hydroxyl groups is 1. The smallest absolute Gasteiger partial charge is 0.267 e. The number of fused-ring (bicyclic) bond motifs is 1. The summed E-state index contributed by atoms with van der Waals surface area (Å²) in [4.78, 5) is 33.0. The SMILES string of the molecule is N#CC1(c2ccccn2)CCN(Cc2cc(C(=O)N[C@H]3COCC[C@@H]3O)c(=O)n3ccccc23)CC1. The number of aromatic nitrogens is 2. The number of nitrogens with one attached hydrogen (secondary N) is 1. The maximum atomic E-state index is 13.2. The number of likely N-dealkylation sites (tertiary alicyclic amines) is 1. The van der Waals surface area contributed by atoms with Crippen LogP contribution in [-0.2, 0) is 16.7 Å². The fourth-order valence-electron chi connectivity index (χ4n) is 5.13. The molecule has 2 fully saturated rings. The Morgan fingerprint density at radius 1 is 1.25 bits per heavy atom. The third-order valence-corrected chi connectivity index (χ3v) is 7.31. The molecule has 5 rings (SSSR count). The van der Waals surface area contributed by atoms with E-state index in [9.17, 15) is 20.0 Å². The van der Waals surface area contributed by atoms with E-state index >= 15 is 0 Å². The summed E-state index contributed by atoms with van der Waals surface area (Å²) >= 11 is 0. The Hall–Kier alpha value is -3.58. The maximum Gasteiger partial charge on any atom is 0.267 e.